The summed E-state index contributed by atoms with van der Waals surface area (Å²) in [4.78, 5) is 13.7. The van der Waals surface area contributed by atoms with Gasteiger partial charge in [0.25, 0.3) is 5.91 Å². The van der Waals surface area contributed by atoms with Crippen LogP contribution < -0.4 is 5.32 Å². The minimum absolute atomic E-state index is 0.0763. The van der Waals surface area contributed by atoms with E-state index < -0.39 is 0 Å². The molecule has 5 heteroatoms. The van der Waals surface area contributed by atoms with Gasteiger partial charge in [0.05, 0.1) is 0 Å². The van der Waals surface area contributed by atoms with Gasteiger partial charge in [0, 0.05) is 31.5 Å². The van der Waals surface area contributed by atoms with Gasteiger partial charge in [-0.1, -0.05) is 0 Å². The lowest BCUT2D eigenvalue weighted by Gasteiger charge is -2.17. The third-order valence-corrected chi connectivity index (χ3v) is 3.24. The van der Waals surface area contributed by atoms with Gasteiger partial charge in [-0.25, -0.2) is 4.39 Å². The Hall–Kier alpha value is -1.07. The van der Waals surface area contributed by atoms with Gasteiger partial charge >= 0.3 is 0 Å². The SMILES string of the molecule is CNCCN(C)C(=O)c1ccc(F)c(CSC)c1. The summed E-state index contributed by atoms with van der Waals surface area (Å²) in [5, 5.41) is 2.99. The maximum atomic E-state index is 13.5. The molecule has 0 fully saturated rings. The quantitative estimate of drug-likeness (QED) is 0.858. The Morgan fingerprint density at radius 2 is 2.22 bits per heavy atom. The number of hydrogen-bond donors (Lipinski definition) is 1. The first kappa shape index (κ1) is 15.0. The second-order valence-electron chi connectivity index (χ2n) is 4.07. The summed E-state index contributed by atoms with van der Waals surface area (Å²) in [5.41, 5.74) is 1.12. The maximum absolute atomic E-state index is 13.5. The van der Waals surface area contributed by atoms with Crippen molar-refractivity contribution >= 4 is 17.7 Å². The fraction of sp³-hybridized carbons (Fsp3) is 0.462. The summed E-state index contributed by atoms with van der Waals surface area (Å²) in [6, 6.07) is 4.55. The molecule has 18 heavy (non-hydrogen) atoms. The van der Waals surface area contributed by atoms with Gasteiger partial charge in [0.15, 0.2) is 0 Å². The summed E-state index contributed by atoms with van der Waals surface area (Å²) < 4.78 is 13.5. The molecule has 0 unspecified atom stereocenters. The van der Waals surface area contributed by atoms with E-state index in [0.29, 0.717) is 23.4 Å². The highest BCUT2D eigenvalue weighted by molar-refractivity contribution is 7.97. The molecule has 0 saturated carbocycles. The van der Waals surface area contributed by atoms with Crippen LogP contribution >= 0.6 is 11.8 Å². The van der Waals surface area contributed by atoms with Crippen LogP contribution in [-0.4, -0.2) is 44.2 Å². The number of hydrogen-bond acceptors (Lipinski definition) is 3. The number of thioether (sulfide) groups is 1. The molecule has 1 aromatic carbocycles. The van der Waals surface area contributed by atoms with Crippen molar-refractivity contribution in [1.29, 1.82) is 0 Å². The van der Waals surface area contributed by atoms with E-state index in [4.69, 9.17) is 0 Å². The molecule has 0 aliphatic heterocycles. The molecule has 0 aliphatic carbocycles. The number of likely N-dealkylation sites (N-methyl/N-ethyl adjacent to an activating group) is 2. The Kier molecular flexibility index (Phi) is 6.15. The number of halogens is 1. The second kappa shape index (κ2) is 7.38. The number of carbonyl (C=O) groups excluding carboxylic acids is 1. The largest absolute Gasteiger partial charge is 0.340 e. The van der Waals surface area contributed by atoms with Gasteiger partial charge in [0.2, 0.25) is 0 Å². The molecule has 0 heterocycles. The molecule has 1 amide bonds. The predicted octanol–water partition coefficient (Wildman–Crippen LogP) is 1.98. The van der Waals surface area contributed by atoms with Crippen LogP contribution in [0.25, 0.3) is 0 Å². The Morgan fingerprint density at radius 1 is 1.50 bits per heavy atom. The van der Waals surface area contributed by atoms with Gasteiger partial charge in [-0.15, -0.1) is 0 Å². The molecule has 3 nitrogen and oxygen atoms in total. The fourth-order valence-electron chi connectivity index (χ4n) is 1.58. The van der Waals surface area contributed by atoms with Crippen molar-refractivity contribution in [1.82, 2.24) is 10.2 Å². The molecule has 1 N–H and O–H groups in total. The van der Waals surface area contributed by atoms with E-state index >= 15 is 0 Å². The van der Waals surface area contributed by atoms with Crippen LogP contribution in [0.1, 0.15) is 15.9 Å². The normalized spacial score (nSPS) is 10.4. The molecule has 1 rings (SSSR count). The Morgan fingerprint density at radius 3 is 2.83 bits per heavy atom. The highest BCUT2D eigenvalue weighted by Crippen LogP contribution is 2.16. The number of nitrogens with one attached hydrogen (secondary N) is 1. The first-order valence-electron chi connectivity index (χ1n) is 5.77. The van der Waals surface area contributed by atoms with Crippen molar-refractivity contribution in [3.05, 3.63) is 35.1 Å². The predicted molar refractivity (Wildman–Crippen MR) is 74.5 cm³/mol. The summed E-state index contributed by atoms with van der Waals surface area (Å²) in [5.74, 6) is 0.249. The van der Waals surface area contributed by atoms with E-state index in [0.717, 1.165) is 6.54 Å². The number of carbonyl (C=O) groups is 1. The highest BCUT2D eigenvalue weighted by Gasteiger charge is 2.13. The first-order valence-corrected chi connectivity index (χ1v) is 7.17. The van der Waals surface area contributed by atoms with Gasteiger partial charge in [-0.05, 0) is 37.1 Å². The van der Waals surface area contributed by atoms with Gasteiger partial charge in [0.1, 0.15) is 5.82 Å². The Labute approximate surface area is 112 Å². The van der Waals surface area contributed by atoms with Crippen molar-refractivity contribution in [3.63, 3.8) is 0 Å². The van der Waals surface area contributed by atoms with Crippen LogP contribution in [0.3, 0.4) is 0 Å². The third-order valence-electron chi connectivity index (χ3n) is 2.64. The van der Waals surface area contributed by atoms with E-state index in [1.165, 1.54) is 23.9 Å². The Balaban J connectivity index is 2.82. The number of benzene rings is 1. The number of amides is 1. The molecule has 0 aliphatic rings. The second-order valence-corrected chi connectivity index (χ2v) is 4.94. The summed E-state index contributed by atoms with van der Waals surface area (Å²) in [6.45, 7) is 1.37. The summed E-state index contributed by atoms with van der Waals surface area (Å²) >= 11 is 1.54. The lowest BCUT2D eigenvalue weighted by Crippen LogP contribution is -2.32. The molecule has 0 aromatic heterocycles. The van der Waals surface area contributed by atoms with Crippen LogP contribution in [0.4, 0.5) is 4.39 Å². The fourth-order valence-corrected chi connectivity index (χ4v) is 2.11. The molecule has 0 atom stereocenters. The molecule has 0 radical (unpaired) electrons. The van der Waals surface area contributed by atoms with Crippen LogP contribution in [0, 0.1) is 5.82 Å². The zero-order valence-electron chi connectivity index (χ0n) is 11.0. The van der Waals surface area contributed by atoms with Crippen molar-refractivity contribution < 1.29 is 9.18 Å². The smallest absolute Gasteiger partial charge is 0.253 e. The van der Waals surface area contributed by atoms with Crippen LogP contribution in [0.15, 0.2) is 18.2 Å². The zero-order chi connectivity index (χ0) is 13.5. The van der Waals surface area contributed by atoms with E-state index in [1.807, 2.05) is 13.3 Å². The molecule has 0 spiro atoms. The molecule has 0 bridgehead atoms. The molecular formula is C13H19FN2OS. The van der Waals surface area contributed by atoms with Crippen molar-refractivity contribution in [2.45, 2.75) is 5.75 Å². The topological polar surface area (TPSA) is 32.3 Å². The zero-order valence-corrected chi connectivity index (χ0v) is 11.8. The van der Waals surface area contributed by atoms with Gasteiger partial charge in [-0.2, -0.15) is 11.8 Å². The summed E-state index contributed by atoms with van der Waals surface area (Å²) in [7, 11) is 3.59. The number of rotatable bonds is 6. The molecule has 0 saturated heterocycles. The van der Waals surface area contributed by atoms with E-state index in [2.05, 4.69) is 5.32 Å². The molecular weight excluding hydrogens is 251 g/mol. The third kappa shape index (κ3) is 3.99. The lowest BCUT2D eigenvalue weighted by molar-refractivity contribution is 0.0796. The molecule has 100 valence electrons. The Bertz CT molecular complexity index is 412. The average molecular weight is 270 g/mol. The first-order chi connectivity index (χ1) is 8.60. The van der Waals surface area contributed by atoms with E-state index in [1.54, 1.807) is 18.0 Å². The van der Waals surface area contributed by atoms with Crippen LogP contribution in [-0.2, 0) is 5.75 Å². The van der Waals surface area contributed by atoms with E-state index in [9.17, 15) is 9.18 Å². The summed E-state index contributed by atoms with van der Waals surface area (Å²) in [6.07, 6.45) is 1.91. The highest BCUT2D eigenvalue weighted by atomic mass is 32.2. The minimum Gasteiger partial charge on any atom is -0.340 e. The minimum atomic E-state index is -0.251. The van der Waals surface area contributed by atoms with Crippen molar-refractivity contribution in [2.75, 3.05) is 33.4 Å². The monoisotopic (exact) mass is 270 g/mol. The van der Waals surface area contributed by atoms with Gasteiger partial charge < -0.3 is 10.2 Å². The van der Waals surface area contributed by atoms with Crippen LogP contribution in [0.5, 0.6) is 0 Å². The average Bonchev–Trinajstić information content (AvgIpc) is 2.38. The van der Waals surface area contributed by atoms with E-state index in [-0.39, 0.29) is 11.7 Å². The van der Waals surface area contributed by atoms with Crippen LogP contribution in [0.2, 0.25) is 0 Å². The van der Waals surface area contributed by atoms with Crippen molar-refractivity contribution in [2.24, 2.45) is 0 Å². The van der Waals surface area contributed by atoms with Crippen molar-refractivity contribution in [3.8, 4) is 0 Å². The lowest BCUT2D eigenvalue weighted by atomic mass is 10.1. The van der Waals surface area contributed by atoms with Gasteiger partial charge in [-0.3, -0.25) is 4.79 Å². The number of nitrogens with zero attached hydrogens (tertiary/aromatic N) is 1. The maximum Gasteiger partial charge on any atom is 0.253 e. The standard InChI is InChI=1S/C13H19FN2OS/c1-15-6-7-16(2)13(17)10-4-5-12(14)11(8-10)9-18-3/h4-5,8,15H,6-7,9H2,1-3H3. The molecule has 1 aromatic rings.